The zero-order chi connectivity index (χ0) is 11.6. The summed E-state index contributed by atoms with van der Waals surface area (Å²) in [6.07, 6.45) is -3.87. The SMILES string of the molecule is COc1nccc(C(=O)O)c1C(F)(F)F. The van der Waals surface area contributed by atoms with Gasteiger partial charge in [-0.3, -0.25) is 0 Å². The summed E-state index contributed by atoms with van der Waals surface area (Å²) < 4.78 is 41.8. The molecule has 1 aromatic rings. The highest BCUT2D eigenvalue weighted by atomic mass is 19.4. The van der Waals surface area contributed by atoms with E-state index in [1.807, 2.05) is 0 Å². The molecule has 0 aliphatic rings. The number of nitrogens with zero attached hydrogens (tertiary/aromatic N) is 1. The molecular weight excluding hydrogens is 215 g/mol. The van der Waals surface area contributed by atoms with Crippen molar-refractivity contribution in [2.45, 2.75) is 6.18 Å². The first kappa shape index (κ1) is 11.3. The van der Waals surface area contributed by atoms with Crippen LogP contribution in [-0.4, -0.2) is 23.2 Å². The van der Waals surface area contributed by atoms with E-state index in [1.54, 1.807) is 0 Å². The van der Waals surface area contributed by atoms with E-state index >= 15 is 0 Å². The first-order chi connectivity index (χ1) is 6.88. The average Bonchev–Trinajstić information content (AvgIpc) is 2.15. The van der Waals surface area contributed by atoms with Crippen LogP contribution in [0.25, 0.3) is 0 Å². The summed E-state index contributed by atoms with van der Waals surface area (Å²) in [7, 11) is 0.989. The standard InChI is InChI=1S/C8H6F3NO3/c1-15-6-5(8(9,10)11)4(7(13)14)2-3-12-6/h2-3H,1H3,(H,13,14). The summed E-state index contributed by atoms with van der Waals surface area (Å²) in [5, 5.41) is 8.57. The fraction of sp³-hybridized carbons (Fsp3) is 0.250. The van der Waals surface area contributed by atoms with Crippen LogP contribution in [0, 0.1) is 0 Å². The van der Waals surface area contributed by atoms with E-state index in [9.17, 15) is 18.0 Å². The first-order valence-electron chi connectivity index (χ1n) is 3.71. The number of pyridine rings is 1. The number of hydrogen-bond acceptors (Lipinski definition) is 3. The van der Waals surface area contributed by atoms with E-state index in [4.69, 9.17) is 5.11 Å². The molecule has 15 heavy (non-hydrogen) atoms. The Kier molecular flexibility index (Phi) is 2.83. The summed E-state index contributed by atoms with van der Waals surface area (Å²) in [6.45, 7) is 0. The predicted octanol–water partition coefficient (Wildman–Crippen LogP) is 1.81. The lowest BCUT2D eigenvalue weighted by atomic mass is 10.1. The van der Waals surface area contributed by atoms with E-state index in [2.05, 4.69) is 9.72 Å². The fourth-order valence-corrected chi connectivity index (χ4v) is 1.05. The Morgan fingerprint density at radius 2 is 2.13 bits per heavy atom. The van der Waals surface area contributed by atoms with Gasteiger partial charge in [0.15, 0.2) is 0 Å². The van der Waals surface area contributed by atoms with Gasteiger partial charge in [-0.05, 0) is 6.07 Å². The summed E-state index contributed by atoms with van der Waals surface area (Å²) in [6, 6.07) is 0.772. The minimum Gasteiger partial charge on any atom is -0.481 e. The summed E-state index contributed by atoms with van der Waals surface area (Å²) in [5.41, 5.74) is -2.26. The van der Waals surface area contributed by atoms with Gasteiger partial charge in [0.25, 0.3) is 0 Å². The fourth-order valence-electron chi connectivity index (χ4n) is 1.05. The maximum absolute atomic E-state index is 12.5. The van der Waals surface area contributed by atoms with Gasteiger partial charge in [-0.2, -0.15) is 13.2 Å². The van der Waals surface area contributed by atoms with Gasteiger partial charge in [0.2, 0.25) is 5.88 Å². The highest BCUT2D eigenvalue weighted by Gasteiger charge is 2.39. The summed E-state index contributed by atoms with van der Waals surface area (Å²) >= 11 is 0. The largest absolute Gasteiger partial charge is 0.481 e. The van der Waals surface area contributed by atoms with Crippen LogP contribution < -0.4 is 4.74 Å². The number of ether oxygens (including phenoxy) is 1. The molecule has 4 nitrogen and oxygen atoms in total. The second-order valence-electron chi connectivity index (χ2n) is 2.55. The molecule has 0 unspecified atom stereocenters. The molecule has 0 saturated carbocycles. The number of halogens is 3. The highest BCUT2D eigenvalue weighted by Crippen LogP contribution is 2.37. The van der Waals surface area contributed by atoms with Gasteiger partial charge in [0.1, 0.15) is 5.56 Å². The second kappa shape index (κ2) is 3.76. The van der Waals surface area contributed by atoms with E-state index < -0.39 is 29.2 Å². The third-order valence-electron chi connectivity index (χ3n) is 1.62. The minimum absolute atomic E-state index is 0.748. The topological polar surface area (TPSA) is 59.4 Å². The van der Waals surface area contributed by atoms with Crippen LogP contribution in [0.15, 0.2) is 12.3 Å². The van der Waals surface area contributed by atoms with Crippen molar-refractivity contribution in [3.05, 3.63) is 23.4 Å². The quantitative estimate of drug-likeness (QED) is 0.827. The van der Waals surface area contributed by atoms with Crippen LogP contribution in [-0.2, 0) is 6.18 Å². The van der Waals surface area contributed by atoms with Gasteiger partial charge in [0, 0.05) is 6.20 Å². The molecule has 1 aromatic heterocycles. The van der Waals surface area contributed by atoms with Crippen LogP contribution in [0.4, 0.5) is 13.2 Å². The maximum Gasteiger partial charge on any atom is 0.422 e. The Morgan fingerprint density at radius 1 is 1.53 bits per heavy atom. The number of carboxylic acids is 1. The van der Waals surface area contributed by atoms with Crippen molar-refractivity contribution in [2.75, 3.05) is 7.11 Å². The number of aromatic carboxylic acids is 1. The lowest BCUT2D eigenvalue weighted by molar-refractivity contribution is -0.139. The molecule has 0 bridgehead atoms. The van der Waals surface area contributed by atoms with E-state index in [1.165, 1.54) is 0 Å². The predicted molar refractivity (Wildman–Crippen MR) is 42.8 cm³/mol. The molecule has 0 atom stereocenters. The maximum atomic E-state index is 12.5. The number of hydrogen-bond donors (Lipinski definition) is 1. The van der Waals surface area contributed by atoms with Gasteiger partial charge >= 0.3 is 12.1 Å². The molecule has 0 fully saturated rings. The Hall–Kier alpha value is -1.79. The molecular formula is C8H6F3NO3. The number of aromatic nitrogens is 1. The van der Waals surface area contributed by atoms with Crippen molar-refractivity contribution >= 4 is 5.97 Å². The van der Waals surface area contributed by atoms with E-state index in [0.717, 1.165) is 19.4 Å². The number of methoxy groups -OCH3 is 1. The molecule has 0 saturated heterocycles. The third kappa shape index (κ3) is 2.17. The van der Waals surface area contributed by atoms with Crippen LogP contribution in [0.3, 0.4) is 0 Å². The number of rotatable bonds is 2. The van der Waals surface area contributed by atoms with Gasteiger partial charge < -0.3 is 9.84 Å². The Balaban J connectivity index is 3.47. The van der Waals surface area contributed by atoms with E-state index in [-0.39, 0.29) is 0 Å². The van der Waals surface area contributed by atoms with Crippen LogP contribution >= 0.6 is 0 Å². The Bertz CT molecular complexity index is 389. The summed E-state index contributed by atoms with van der Waals surface area (Å²) in [5.74, 6) is -2.43. The average molecular weight is 221 g/mol. The van der Waals surface area contributed by atoms with Crippen LogP contribution in [0.1, 0.15) is 15.9 Å². The zero-order valence-corrected chi connectivity index (χ0v) is 7.50. The van der Waals surface area contributed by atoms with Crippen molar-refractivity contribution in [1.29, 1.82) is 0 Å². The van der Waals surface area contributed by atoms with E-state index in [0.29, 0.717) is 0 Å². The molecule has 0 aliphatic heterocycles. The van der Waals surface area contributed by atoms with Gasteiger partial charge in [-0.1, -0.05) is 0 Å². The molecule has 0 aromatic carbocycles. The molecule has 1 heterocycles. The Labute approximate surface area is 82.3 Å². The van der Waals surface area contributed by atoms with Crippen molar-refractivity contribution in [3.8, 4) is 5.88 Å². The van der Waals surface area contributed by atoms with Crippen LogP contribution in [0.5, 0.6) is 5.88 Å². The lowest BCUT2D eigenvalue weighted by Crippen LogP contribution is -2.15. The van der Waals surface area contributed by atoms with Crippen molar-refractivity contribution in [2.24, 2.45) is 0 Å². The van der Waals surface area contributed by atoms with Crippen molar-refractivity contribution in [1.82, 2.24) is 4.98 Å². The molecule has 7 heteroatoms. The van der Waals surface area contributed by atoms with Crippen molar-refractivity contribution < 1.29 is 27.8 Å². The third-order valence-corrected chi connectivity index (χ3v) is 1.62. The second-order valence-corrected chi connectivity index (χ2v) is 2.55. The summed E-state index contributed by atoms with van der Waals surface area (Å²) in [4.78, 5) is 13.9. The van der Waals surface area contributed by atoms with Gasteiger partial charge in [-0.15, -0.1) is 0 Å². The molecule has 0 aliphatic carbocycles. The molecule has 0 radical (unpaired) electrons. The molecule has 82 valence electrons. The minimum atomic E-state index is -4.81. The number of alkyl halides is 3. The zero-order valence-electron chi connectivity index (χ0n) is 7.50. The van der Waals surface area contributed by atoms with Gasteiger partial charge in [0.05, 0.1) is 12.7 Å². The highest BCUT2D eigenvalue weighted by molar-refractivity contribution is 5.90. The lowest BCUT2D eigenvalue weighted by Gasteiger charge is -2.12. The Morgan fingerprint density at radius 3 is 2.53 bits per heavy atom. The molecule has 1 N–H and O–H groups in total. The molecule has 0 spiro atoms. The van der Waals surface area contributed by atoms with Gasteiger partial charge in [-0.25, -0.2) is 9.78 Å². The normalized spacial score (nSPS) is 11.2. The van der Waals surface area contributed by atoms with Crippen LogP contribution in [0.2, 0.25) is 0 Å². The molecule has 1 rings (SSSR count). The monoisotopic (exact) mass is 221 g/mol. The number of carbonyl (C=O) groups is 1. The smallest absolute Gasteiger partial charge is 0.422 e. The number of carboxylic acid groups (broad SMARTS) is 1. The molecule has 0 amide bonds. The van der Waals surface area contributed by atoms with Crippen molar-refractivity contribution in [3.63, 3.8) is 0 Å². The first-order valence-corrected chi connectivity index (χ1v) is 3.71.